The lowest BCUT2D eigenvalue weighted by Crippen LogP contribution is -2.39. The first-order valence-corrected chi connectivity index (χ1v) is 9.51. The van der Waals surface area contributed by atoms with Gasteiger partial charge in [0.1, 0.15) is 0 Å². The maximum Gasteiger partial charge on any atom is 0.191 e. The van der Waals surface area contributed by atoms with Crippen LogP contribution in [-0.4, -0.2) is 33.7 Å². The third-order valence-corrected chi connectivity index (χ3v) is 5.49. The number of nitrogens with one attached hydrogen (secondary N) is 2. The molecule has 0 aromatic heterocycles. The SMILES string of the molecule is CN=C(NCCS(=O)(=O)c1ccccc1)NCc1ccccc1Cl. The zero-order valence-electron chi connectivity index (χ0n) is 13.4. The Labute approximate surface area is 147 Å². The van der Waals surface area contributed by atoms with Crippen molar-refractivity contribution in [2.45, 2.75) is 11.4 Å². The van der Waals surface area contributed by atoms with E-state index < -0.39 is 9.84 Å². The van der Waals surface area contributed by atoms with Gasteiger partial charge in [-0.2, -0.15) is 0 Å². The van der Waals surface area contributed by atoms with Crippen LogP contribution in [0.4, 0.5) is 0 Å². The fourth-order valence-corrected chi connectivity index (χ4v) is 3.47. The van der Waals surface area contributed by atoms with Crippen molar-refractivity contribution in [2.24, 2.45) is 4.99 Å². The summed E-state index contributed by atoms with van der Waals surface area (Å²) in [5.41, 5.74) is 0.944. The van der Waals surface area contributed by atoms with Gasteiger partial charge in [-0.1, -0.05) is 48.0 Å². The summed E-state index contributed by atoms with van der Waals surface area (Å²) in [6.45, 7) is 0.768. The van der Waals surface area contributed by atoms with Crippen LogP contribution in [0.1, 0.15) is 5.56 Å². The lowest BCUT2D eigenvalue weighted by Gasteiger charge is -2.12. The Bertz CT molecular complexity index is 792. The van der Waals surface area contributed by atoms with Gasteiger partial charge in [-0.15, -0.1) is 0 Å². The smallest absolute Gasteiger partial charge is 0.191 e. The normalized spacial score (nSPS) is 12.0. The zero-order valence-corrected chi connectivity index (χ0v) is 14.9. The molecule has 2 N–H and O–H groups in total. The summed E-state index contributed by atoms with van der Waals surface area (Å²) in [6, 6.07) is 15.9. The number of guanidine groups is 1. The summed E-state index contributed by atoms with van der Waals surface area (Å²) in [5, 5.41) is 6.79. The third kappa shape index (κ3) is 5.25. The van der Waals surface area contributed by atoms with Gasteiger partial charge in [0.15, 0.2) is 15.8 Å². The fraction of sp³-hybridized carbons (Fsp3) is 0.235. The van der Waals surface area contributed by atoms with Crippen LogP contribution in [0.3, 0.4) is 0 Å². The van der Waals surface area contributed by atoms with E-state index in [9.17, 15) is 8.42 Å². The number of hydrogen-bond donors (Lipinski definition) is 2. The number of hydrogen-bond acceptors (Lipinski definition) is 3. The summed E-state index contributed by atoms with van der Waals surface area (Å²) in [7, 11) is -1.67. The Kier molecular flexibility index (Phi) is 6.63. The first kappa shape index (κ1) is 18.3. The highest BCUT2D eigenvalue weighted by molar-refractivity contribution is 7.91. The van der Waals surface area contributed by atoms with Crippen LogP contribution in [0.25, 0.3) is 0 Å². The molecule has 5 nitrogen and oxygen atoms in total. The van der Waals surface area contributed by atoms with Crippen LogP contribution in [-0.2, 0) is 16.4 Å². The molecule has 128 valence electrons. The van der Waals surface area contributed by atoms with Gasteiger partial charge in [-0.25, -0.2) is 8.42 Å². The monoisotopic (exact) mass is 365 g/mol. The summed E-state index contributed by atoms with van der Waals surface area (Å²) >= 11 is 6.10. The Morgan fingerprint density at radius 1 is 1.04 bits per heavy atom. The molecule has 2 aromatic rings. The number of sulfone groups is 1. The second-order valence-electron chi connectivity index (χ2n) is 5.08. The molecule has 0 radical (unpaired) electrons. The van der Waals surface area contributed by atoms with Crippen LogP contribution in [0, 0.1) is 0 Å². The average molecular weight is 366 g/mol. The van der Waals surface area contributed by atoms with E-state index in [0.29, 0.717) is 22.4 Å². The molecule has 0 unspecified atom stereocenters. The highest BCUT2D eigenvalue weighted by Crippen LogP contribution is 2.14. The van der Waals surface area contributed by atoms with E-state index in [4.69, 9.17) is 11.6 Å². The van der Waals surface area contributed by atoms with E-state index in [1.54, 1.807) is 37.4 Å². The first-order valence-electron chi connectivity index (χ1n) is 7.48. The van der Waals surface area contributed by atoms with E-state index in [2.05, 4.69) is 15.6 Å². The highest BCUT2D eigenvalue weighted by atomic mass is 35.5. The van der Waals surface area contributed by atoms with E-state index in [1.807, 2.05) is 24.3 Å². The molecule has 0 spiro atoms. The van der Waals surface area contributed by atoms with E-state index in [-0.39, 0.29) is 12.3 Å². The molecule has 24 heavy (non-hydrogen) atoms. The topological polar surface area (TPSA) is 70.6 Å². The second kappa shape index (κ2) is 8.70. The molecule has 0 aliphatic carbocycles. The van der Waals surface area contributed by atoms with Crippen molar-refractivity contribution in [1.82, 2.24) is 10.6 Å². The summed E-state index contributed by atoms with van der Waals surface area (Å²) < 4.78 is 24.4. The van der Waals surface area contributed by atoms with Gasteiger partial charge in [0.2, 0.25) is 0 Å². The average Bonchev–Trinajstić information content (AvgIpc) is 2.60. The van der Waals surface area contributed by atoms with Crippen molar-refractivity contribution in [3.8, 4) is 0 Å². The number of nitrogens with zero attached hydrogens (tertiary/aromatic N) is 1. The Balaban J connectivity index is 1.85. The van der Waals surface area contributed by atoms with Crippen molar-refractivity contribution in [3.05, 3.63) is 65.2 Å². The zero-order chi connectivity index (χ0) is 17.4. The molecule has 0 fully saturated rings. The molecule has 0 aliphatic rings. The van der Waals surface area contributed by atoms with Crippen molar-refractivity contribution in [2.75, 3.05) is 19.3 Å². The van der Waals surface area contributed by atoms with Gasteiger partial charge < -0.3 is 10.6 Å². The predicted molar refractivity (Wildman–Crippen MR) is 98.1 cm³/mol. The number of aliphatic imine (C=N–C) groups is 1. The quantitative estimate of drug-likeness (QED) is 0.609. The standard InChI is InChI=1S/C17H20ClN3O2S/c1-19-17(21-13-14-7-5-6-10-16(14)18)20-11-12-24(22,23)15-8-3-2-4-9-15/h2-10H,11-13H2,1H3,(H2,19,20,21). The van der Waals surface area contributed by atoms with Gasteiger partial charge in [0.25, 0.3) is 0 Å². The van der Waals surface area contributed by atoms with Crippen LogP contribution < -0.4 is 10.6 Å². The van der Waals surface area contributed by atoms with E-state index in [1.165, 1.54) is 0 Å². The predicted octanol–water partition coefficient (Wildman–Crippen LogP) is 2.48. The Hall–Kier alpha value is -2.05. The number of benzene rings is 2. The minimum atomic E-state index is -3.30. The van der Waals surface area contributed by atoms with Crippen LogP contribution in [0.5, 0.6) is 0 Å². The summed E-state index contributed by atoms with van der Waals surface area (Å²) in [5.74, 6) is 0.516. The van der Waals surface area contributed by atoms with Gasteiger partial charge in [0.05, 0.1) is 10.6 Å². The largest absolute Gasteiger partial charge is 0.355 e. The molecular weight excluding hydrogens is 346 g/mol. The van der Waals surface area contributed by atoms with E-state index >= 15 is 0 Å². The molecule has 0 heterocycles. The Morgan fingerprint density at radius 2 is 1.71 bits per heavy atom. The van der Waals surface area contributed by atoms with Crippen LogP contribution in [0.15, 0.2) is 64.5 Å². The van der Waals surface area contributed by atoms with Crippen LogP contribution >= 0.6 is 11.6 Å². The van der Waals surface area contributed by atoms with Crippen molar-refractivity contribution < 1.29 is 8.42 Å². The molecule has 0 saturated carbocycles. The van der Waals surface area contributed by atoms with E-state index in [0.717, 1.165) is 5.56 Å². The van der Waals surface area contributed by atoms with Crippen molar-refractivity contribution in [1.29, 1.82) is 0 Å². The molecule has 7 heteroatoms. The molecule has 0 atom stereocenters. The van der Waals surface area contributed by atoms with Crippen LogP contribution in [0.2, 0.25) is 5.02 Å². The third-order valence-electron chi connectivity index (χ3n) is 3.39. The summed E-state index contributed by atoms with van der Waals surface area (Å²) in [4.78, 5) is 4.41. The molecule has 0 amide bonds. The molecule has 0 bridgehead atoms. The molecular formula is C17H20ClN3O2S. The van der Waals surface area contributed by atoms with Crippen molar-refractivity contribution >= 4 is 27.4 Å². The van der Waals surface area contributed by atoms with Gasteiger partial charge >= 0.3 is 0 Å². The lowest BCUT2D eigenvalue weighted by molar-refractivity contribution is 0.594. The van der Waals surface area contributed by atoms with Gasteiger partial charge in [0, 0.05) is 25.2 Å². The minimum Gasteiger partial charge on any atom is -0.355 e. The number of rotatable bonds is 6. The first-order chi connectivity index (χ1) is 11.5. The van der Waals surface area contributed by atoms with Gasteiger partial charge in [-0.05, 0) is 23.8 Å². The maximum atomic E-state index is 12.2. The highest BCUT2D eigenvalue weighted by Gasteiger charge is 2.13. The van der Waals surface area contributed by atoms with Gasteiger partial charge in [-0.3, -0.25) is 4.99 Å². The number of halogens is 1. The second-order valence-corrected chi connectivity index (χ2v) is 7.59. The Morgan fingerprint density at radius 3 is 2.38 bits per heavy atom. The summed E-state index contributed by atoms with van der Waals surface area (Å²) in [6.07, 6.45) is 0. The fourth-order valence-electron chi connectivity index (χ4n) is 2.09. The maximum absolute atomic E-state index is 12.2. The lowest BCUT2D eigenvalue weighted by atomic mass is 10.2. The molecule has 0 aliphatic heterocycles. The van der Waals surface area contributed by atoms with Crippen molar-refractivity contribution in [3.63, 3.8) is 0 Å². The molecule has 0 saturated heterocycles. The molecule has 2 rings (SSSR count). The molecule has 2 aromatic carbocycles. The minimum absolute atomic E-state index is 0.0101.